The fraction of sp³-hybridized carbons (Fsp3) is 0.429. The molecular formula is C21H27N5O4. The van der Waals surface area contributed by atoms with Crippen molar-refractivity contribution < 1.29 is 9.59 Å². The van der Waals surface area contributed by atoms with Crippen LogP contribution >= 0.6 is 0 Å². The van der Waals surface area contributed by atoms with E-state index in [1.54, 1.807) is 4.90 Å². The molecule has 2 heterocycles. The van der Waals surface area contributed by atoms with E-state index in [0.29, 0.717) is 13.0 Å². The molecule has 0 aliphatic carbocycles. The van der Waals surface area contributed by atoms with Crippen LogP contribution in [0.25, 0.3) is 0 Å². The fourth-order valence-corrected chi connectivity index (χ4v) is 3.67. The normalized spacial score (nSPS) is 16.2. The quantitative estimate of drug-likeness (QED) is 0.738. The maximum absolute atomic E-state index is 13.1. The highest BCUT2D eigenvalue weighted by atomic mass is 16.2. The van der Waals surface area contributed by atoms with Crippen LogP contribution in [0.5, 0.6) is 0 Å². The molecule has 0 radical (unpaired) electrons. The average molecular weight is 413 g/mol. The monoisotopic (exact) mass is 413 g/mol. The minimum atomic E-state index is -0.721. The zero-order valence-electron chi connectivity index (χ0n) is 17.5. The van der Waals surface area contributed by atoms with Crippen LogP contribution in [0.2, 0.25) is 0 Å². The molecule has 3 rings (SSSR count). The van der Waals surface area contributed by atoms with Crippen molar-refractivity contribution in [2.75, 3.05) is 29.1 Å². The minimum absolute atomic E-state index is 0.0460. The molecule has 2 amide bonds. The number of unbranched alkanes of at least 4 members (excludes halogenated alkanes) is 1. The smallest absolute Gasteiger partial charge is 0.330 e. The third kappa shape index (κ3) is 4.00. The molecule has 1 aliphatic heterocycles. The zero-order chi connectivity index (χ0) is 22.0. The maximum Gasteiger partial charge on any atom is 0.330 e. The lowest BCUT2D eigenvalue weighted by atomic mass is 10.1. The van der Waals surface area contributed by atoms with E-state index in [9.17, 15) is 19.2 Å². The number of nitrogens with one attached hydrogen (secondary N) is 1. The van der Waals surface area contributed by atoms with Crippen molar-refractivity contribution in [1.29, 1.82) is 0 Å². The van der Waals surface area contributed by atoms with Crippen LogP contribution in [0.1, 0.15) is 31.7 Å². The number of nitrogens with two attached hydrogens (primary N) is 1. The average Bonchev–Trinajstić information content (AvgIpc) is 3.09. The Balaban J connectivity index is 1.86. The van der Waals surface area contributed by atoms with Crippen molar-refractivity contribution in [1.82, 2.24) is 9.55 Å². The van der Waals surface area contributed by atoms with Crippen LogP contribution in [0.4, 0.5) is 17.2 Å². The van der Waals surface area contributed by atoms with Gasteiger partial charge in [0.05, 0.1) is 5.92 Å². The van der Waals surface area contributed by atoms with Crippen molar-refractivity contribution in [3.63, 3.8) is 0 Å². The largest absolute Gasteiger partial charge is 0.383 e. The zero-order valence-corrected chi connectivity index (χ0v) is 17.5. The molecule has 3 N–H and O–H groups in total. The van der Waals surface area contributed by atoms with Gasteiger partial charge in [0.15, 0.2) is 5.69 Å². The maximum atomic E-state index is 13.1. The molecule has 1 atom stereocenters. The number of hydrogen-bond donors (Lipinski definition) is 2. The molecule has 1 saturated heterocycles. The Labute approximate surface area is 174 Å². The molecule has 9 nitrogen and oxygen atoms in total. The van der Waals surface area contributed by atoms with Gasteiger partial charge in [0.1, 0.15) is 5.82 Å². The number of carbonyl (C=O) groups excluding carboxylic acids is 2. The molecule has 9 heteroatoms. The van der Waals surface area contributed by atoms with Gasteiger partial charge in [0.25, 0.3) is 5.56 Å². The second kappa shape index (κ2) is 8.56. The summed E-state index contributed by atoms with van der Waals surface area (Å²) in [6, 6.07) is 7.50. The summed E-state index contributed by atoms with van der Waals surface area (Å²) in [6.45, 7) is 4.49. The second-order valence-corrected chi connectivity index (χ2v) is 7.64. The van der Waals surface area contributed by atoms with Crippen LogP contribution in [0.3, 0.4) is 0 Å². The van der Waals surface area contributed by atoms with E-state index in [0.717, 1.165) is 22.6 Å². The number of nitrogens with zero attached hydrogens (tertiary/aromatic N) is 3. The van der Waals surface area contributed by atoms with E-state index < -0.39 is 23.1 Å². The van der Waals surface area contributed by atoms with Crippen molar-refractivity contribution in [2.45, 2.75) is 39.7 Å². The van der Waals surface area contributed by atoms with Gasteiger partial charge in [0, 0.05) is 32.2 Å². The molecule has 0 bridgehead atoms. The Morgan fingerprint density at radius 1 is 1.23 bits per heavy atom. The van der Waals surface area contributed by atoms with Crippen LogP contribution < -0.4 is 26.8 Å². The minimum Gasteiger partial charge on any atom is -0.383 e. The third-order valence-electron chi connectivity index (χ3n) is 5.44. The lowest BCUT2D eigenvalue weighted by Crippen LogP contribution is -2.42. The predicted molar refractivity (Wildman–Crippen MR) is 116 cm³/mol. The van der Waals surface area contributed by atoms with Crippen molar-refractivity contribution in [3.8, 4) is 0 Å². The van der Waals surface area contributed by atoms with Crippen LogP contribution in [-0.2, 0) is 16.1 Å². The van der Waals surface area contributed by atoms with Gasteiger partial charge in [-0.25, -0.2) is 4.79 Å². The highest BCUT2D eigenvalue weighted by Crippen LogP contribution is 2.28. The molecule has 0 spiro atoms. The Hall–Kier alpha value is -3.36. The number of hydrogen-bond acceptors (Lipinski definition) is 5. The van der Waals surface area contributed by atoms with Crippen LogP contribution in [0, 0.1) is 12.8 Å². The van der Waals surface area contributed by atoms with E-state index in [-0.39, 0.29) is 30.4 Å². The molecule has 1 aromatic heterocycles. The fourth-order valence-electron chi connectivity index (χ4n) is 3.67. The predicted octanol–water partition coefficient (Wildman–Crippen LogP) is 1.24. The van der Waals surface area contributed by atoms with Gasteiger partial charge in [0.2, 0.25) is 11.8 Å². The number of aromatic amines is 1. The molecule has 30 heavy (non-hydrogen) atoms. The summed E-state index contributed by atoms with van der Waals surface area (Å²) >= 11 is 0. The number of aryl methyl sites for hydroxylation is 1. The molecule has 1 fully saturated rings. The van der Waals surface area contributed by atoms with Gasteiger partial charge in [-0.15, -0.1) is 0 Å². The summed E-state index contributed by atoms with van der Waals surface area (Å²) in [5.74, 6) is -1.21. The Morgan fingerprint density at radius 3 is 2.53 bits per heavy atom. The Morgan fingerprint density at radius 2 is 1.90 bits per heavy atom. The number of carbonyl (C=O) groups is 2. The van der Waals surface area contributed by atoms with E-state index in [1.807, 2.05) is 38.1 Å². The van der Waals surface area contributed by atoms with Crippen molar-refractivity contribution >= 4 is 29.0 Å². The topological polar surface area (TPSA) is 121 Å². The molecule has 1 aromatic carbocycles. The second-order valence-electron chi connectivity index (χ2n) is 7.64. The van der Waals surface area contributed by atoms with Gasteiger partial charge in [-0.3, -0.25) is 23.9 Å². The number of anilines is 3. The lowest BCUT2D eigenvalue weighted by Gasteiger charge is -2.23. The summed E-state index contributed by atoms with van der Waals surface area (Å²) in [7, 11) is 1.44. The molecule has 0 unspecified atom stereocenters. The Kier molecular flexibility index (Phi) is 6.09. The summed E-state index contributed by atoms with van der Waals surface area (Å²) in [5, 5.41) is 0. The van der Waals surface area contributed by atoms with Crippen molar-refractivity contribution in [3.05, 3.63) is 50.7 Å². The van der Waals surface area contributed by atoms with Gasteiger partial charge in [-0.05, 0) is 25.5 Å². The van der Waals surface area contributed by atoms with E-state index in [1.165, 1.54) is 11.6 Å². The summed E-state index contributed by atoms with van der Waals surface area (Å²) in [6.07, 6.45) is 1.59. The summed E-state index contributed by atoms with van der Waals surface area (Å²) < 4.78 is 1.27. The SMILES string of the molecule is CCCCn1c(N)c(N(C)C(=O)[C@H]2CC(=O)N(c3ccc(C)cc3)C2)c(=O)[nH]c1=O. The van der Waals surface area contributed by atoms with Crippen LogP contribution in [-0.4, -0.2) is 35.0 Å². The molecule has 0 saturated carbocycles. The summed E-state index contributed by atoms with van der Waals surface area (Å²) in [5.41, 5.74) is 6.51. The van der Waals surface area contributed by atoms with Crippen LogP contribution in [0.15, 0.2) is 33.9 Å². The van der Waals surface area contributed by atoms with Gasteiger partial charge in [-0.2, -0.15) is 0 Å². The lowest BCUT2D eigenvalue weighted by molar-refractivity contribution is -0.124. The first kappa shape index (κ1) is 21.4. The van der Waals surface area contributed by atoms with Gasteiger partial charge in [-0.1, -0.05) is 31.0 Å². The highest BCUT2D eigenvalue weighted by molar-refractivity contribution is 6.04. The van der Waals surface area contributed by atoms with Gasteiger partial charge < -0.3 is 15.5 Å². The number of nitrogen functional groups attached to an aromatic ring is 1. The third-order valence-corrected chi connectivity index (χ3v) is 5.44. The first-order chi connectivity index (χ1) is 14.2. The molecule has 2 aromatic rings. The van der Waals surface area contributed by atoms with E-state index in [2.05, 4.69) is 4.98 Å². The number of H-pyrrole nitrogens is 1. The first-order valence-corrected chi connectivity index (χ1v) is 10.0. The Bertz CT molecular complexity index is 1070. The van der Waals surface area contributed by atoms with E-state index >= 15 is 0 Å². The number of benzene rings is 1. The van der Waals surface area contributed by atoms with Gasteiger partial charge >= 0.3 is 5.69 Å². The molecule has 160 valence electrons. The number of aromatic nitrogens is 2. The first-order valence-electron chi connectivity index (χ1n) is 10.0. The molecule has 1 aliphatic rings. The summed E-state index contributed by atoms with van der Waals surface area (Å²) in [4.78, 5) is 55.1. The molecular weight excluding hydrogens is 386 g/mol. The standard InChI is InChI=1S/C21H27N5O4/c1-4-5-10-25-18(22)17(19(28)23-21(25)30)24(3)20(29)14-11-16(27)26(12-14)15-8-6-13(2)7-9-15/h6-9,14H,4-5,10-12,22H2,1-3H3,(H,23,28,30)/t14-/m0/s1. The van der Waals surface area contributed by atoms with E-state index in [4.69, 9.17) is 5.73 Å². The number of amides is 2. The highest BCUT2D eigenvalue weighted by Gasteiger charge is 2.37. The number of rotatable bonds is 6. The van der Waals surface area contributed by atoms with Crippen molar-refractivity contribution in [2.24, 2.45) is 5.92 Å².